The molecule has 1 heterocycles. The number of phenols is 1. The number of hydrogen-bond acceptors (Lipinski definition) is 4. The van der Waals surface area contributed by atoms with Crippen LogP contribution < -0.4 is 10.1 Å². The van der Waals surface area contributed by atoms with Crippen molar-refractivity contribution in [1.82, 2.24) is 5.32 Å². The Balaban J connectivity index is 2.10. The number of ketones is 1. The number of carbonyl (C=O) groups is 1. The number of rotatable bonds is 4. The van der Waals surface area contributed by atoms with Gasteiger partial charge >= 0.3 is 0 Å². The monoisotopic (exact) mass is 379 g/mol. The molecule has 3 rings (SSSR count). The molecule has 0 aromatic heterocycles. The van der Waals surface area contributed by atoms with Crippen LogP contribution in [0.4, 0.5) is 0 Å². The zero-order valence-corrected chi connectivity index (χ0v) is 17.2. The van der Waals surface area contributed by atoms with Crippen molar-refractivity contribution in [1.29, 1.82) is 0 Å². The molecule has 0 spiro atoms. The molecule has 0 fully saturated rings. The van der Waals surface area contributed by atoms with Gasteiger partial charge < -0.3 is 15.2 Å². The molecule has 2 N–H and O–H groups in total. The van der Waals surface area contributed by atoms with Crippen molar-refractivity contribution in [3.8, 4) is 11.5 Å². The maximum atomic E-state index is 13.2. The zero-order valence-electron chi connectivity index (χ0n) is 17.2. The van der Waals surface area contributed by atoms with Crippen molar-refractivity contribution in [2.75, 3.05) is 0 Å². The first-order valence-corrected chi connectivity index (χ1v) is 9.82. The van der Waals surface area contributed by atoms with Gasteiger partial charge in [0, 0.05) is 11.7 Å². The van der Waals surface area contributed by atoms with Crippen LogP contribution in [0.2, 0.25) is 0 Å². The highest BCUT2D eigenvalue weighted by Crippen LogP contribution is 2.40. The normalized spacial score (nSPS) is 19.1. The van der Waals surface area contributed by atoms with Gasteiger partial charge in [0.2, 0.25) is 0 Å². The highest BCUT2D eigenvalue weighted by atomic mass is 16.5. The summed E-state index contributed by atoms with van der Waals surface area (Å²) in [4.78, 5) is 13.2. The van der Waals surface area contributed by atoms with Crippen molar-refractivity contribution < 1.29 is 14.6 Å². The van der Waals surface area contributed by atoms with E-state index in [1.165, 1.54) is 0 Å². The predicted molar refractivity (Wildman–Crippen MR) is 112 cm³/mol. The van der Waals surface area contributed by atoms with E-state index in [0.717, 1.165) is 17.5 Å². The predicted octanol–water partition coefficient (Wildman–Crippen LogP) is 5.49. The molecule has 4 nitrogen and oxygen atoms in total. The van der Waals surface area contributed by atoms with Gasteiger partial charge in [-0.15, -0.1) is 0 Å². The Morgan fingerprint density at radius 1 is 1.21 bits per heavy atom. The summed E-state index contributed by atoms with van der Waals surface area (Å²) in [5, 5.41) is 13.6. The molecule has 2 atom stereocenters. The fourth-order valence-corrected chi connectivity index (χ4v) is 3.26. The lowest BCUT2D eigenvalue weighted by atomic mass is 9.88. The third kappa shape index (κ3) is 4.06. The number of hydrogen-bond donors (Lipinski definition) is 2. The second-order valence-electron chi connectivity index (χ2n) is 8.44. The lowest BCUT2D eigenvalue weighted by molar-refractivity contribution is 0.0959. The van der Waals surface area contributed by atoms with Crippen LogP contribution in [-0.4, -0.2) is 16.4 Å². The summed E-state index contributed by atoms with van der Waals surface area (Å²) < 4.78 is 6.26. The van der Waals surface area contributed by atoms with Crippen molar-refractivity contribution in [3.63, 3.8) is 0 Å². The Morgan fingerprint density at radius 3 is 2.61 bits per heavy atom. The average Bonchev–Trinajstić information content (AvgIpc) is 2.66. The fraction of sp³-hybridized carbons (Fsp3) is 0.375. The third-order valence-corrected chi connectivity index (χ3v) is 5.08. The molecule has 2 unspecified atom stereocenters. The number of nitrogens with one attached hydrogen (secondary N) is 1. The maximum Gasteiger partial charge on any atom is 0.198 e. The van der Waals surface area contributed by atoms with Crippen LogP contribution >= 0.6 is 0 Å². The van der Waals surface area contributed by atoms with E-state index in [0.29, 0.717) is 16.9 Å². The molecule has 0 saturated heterocycles. The van der Waals surface area contributed by atoms with Crippen LogP contribution in [-0.2, 0) is 0 Å². The molecule has 0 radical (unpaired) electrons. The van der Waals surface area contributed by atoms with Gasteiger partial charge in [-0.3, -0.25) is 4.79 Å². The van der Waals surface area contributed by atoms with E-state index in [2.05, 4.69) is 19.2 Å². The Morgan fingerprint density at radius 2 is 1.93 bits per heavy atom. The van der Waals surface area contributed by atoms with Gasteiger partial charge in [-0.1, -0.05) is 32.0 Å². The van der Waals surface area contributed by atoms with Gasteiger partial charge in [0.25, 0.3) is 0 Å². The summed E-state index contributed by atoms with van der Waals surface area (Å²) in [5.74, 6) is 1.04. The van der Waals surface area contributed by atoms with E-state index in [9.17, 15) is 9.90 Å². The maximum absolute atomic E-state index is 13.2. The van der Waals surface area contributed by atoms with E-state index in [1.54, 1.807) is 18.3 Å². The molecule has 0 aliphatic carbocycles. The van der Waals surface area contributed by atoms with E-state index in [1.807, 2.05) is 51.1 Å². The van der Waals surface area contributed by atoms with E-state index >= 15 is 0 Å². The topological polar surface area (TPSA) is 58.6 Å². The largest absolute Gasteiger partial charge is 0.508 e. The van der Waals surface area contributed by atoms with Gasteiger partial charge in [0.05, 0.1) is 11.1 Å². The minimum atomic E-state index is -0.527. The molecule has 0 saturated carbocycles. The molecule has 2 aromatic rings. The standard InChI is InChI=1S/C24H29NO3/c1-6-15(2)18-13-16(11-12-20(18)26)23-19(14-25-24(3,4)5)22(27)17-9-7-8-10-21(17)28-23/h7-15,23,25-26H,6H2,1-5H3/b19-14+. The first-order chi connectivity index (χ1) is 13.2. The van der Waals surface area contributed by atoms with Gasteiger partial charge in [-0.2, -0.15) is 0 Å². The Bertz CT molecular complexity index is 908. The third-order valence-electron chi connectivity index (χ3n) is 5.08. The molecule has 4 heteroatoms. The van der Waals surface area contributed by atoms with Crippen molar-refractivity contribution in [3.05, 3.63) is 70.9 Å². The number of ether oxygens (including phenoxy) is 1. The zero-order chi connectivity index (χ0) is 20.5. The lowest BCUT2D eigenvalue weighted by Gasteiger charge is -2.30. The number of phenolic OH excluding ortho intramolecular Hbond substituents is 1. The van der Waals surface area contributed by atoms with Crippen molar-refractivity contribution >= 4 is 5.78 Å². The Hall–Kier alpha value is -2.75. The molecule has 2 aromatic carbocycles. The molecule has 1 aliphatic heterocycles. The molecular formula is C24H29NO3. The van der Waals surface area contributed by atoms with Gasteiger partial charge in [0.15, 0.2) is 11.9 Å². The molecule has 28 heavy (non-hydrogen) atoms. The molecule has 148 valence electrons. The number of benzene rings is 2. The van der Waals surface area contributed by atoms with E-state index < -0.39 is 6.10 Å². The summed E-state index contributed by atoms with van der Waals surface area (Å²) in [7, 11) is 0. The van der Waals surface area contributed by atoms with Crippen LogP contribution in [0.5, 0.6) is 11.5 Å². The van der Waals surface area contributed by atoms with Crippen LogP contribution in [0.3, 0.4) is 0 Å². The summed E-state index contributed by atoms with van der Waals surface area (Å²) in [6, 6.07) is 12.8. The Kier molecular flexibility index (Phi) is 5.50. The van der Waals surface area contributed by atoms with Crippen LogP contribution in [0.15, 0.2) is 54.2 Å². The molecule has 0 amide bonds. The average molecular weight is 380 g/mol. The number of carbonyl (C=O) groups excluding carboxylic acids is 1. The second kappa shape index (κ2) is 7.70. The van der Waals surface area contributed by atoms with Crippen molar-refractivity contribution in [2.45, 2.75) is 58.6 Å². The first-order valence-electron chi connectivity index (χ1n) is 9.82. The minimum absolute atomic E-state index is 0.0400. The van der Waals surface area contributed by atoms with Crippen molar-refractivity contribution in [2.24, 2.45) is 0 Å². The highest BCUT2D eigenvalue weighted by molar-refractivity contribution is 6.12. The van der Waals surface area contributed by atoms with Gasteiger partial charge in [-0.05, 0) is 68.5 Å². The summed E-state index contributed by atoms with van der Waals surface area (Å²) >= 11 is 0. The smallest absolute Gasteiger partial charge is 0.198 e. The molecule has 1 aliphatic rings. The van der Waals surface area contributed by atoms with Crippen LogP contribution in [0, 0.1) is 0 Å². The SMILES string of the molecule is CCC(C)c1cc(C2Oc3ccccc3C(=O)/C2=C\NC(C)(C)C)ccc1O. The summed E-state index contributed by atoms with van der Waals surface area (Å²) in [6.45, 7) is 10.3. The first kappa shape index (κ1) is 20.0. The quantitative estimate of drug-likeness (QED) is 0.689. The summed E-state index contributed by atoms with van der Waals surface area (Å²) in [6.07, 6.45) is 2.16. The Labute approximate surface area is 167 Å². The van der Waals surface area contributed by atoms with E-state index in [-0.39, 0.29) is 23.0 Å². The van der Waals surface area contributed by atoms with E-state index in [4.69, 9.17) is 4.74 Å². The van der Waals surface area contributed by atoms with Crippen LogP contribution in [0.25, 0.3) is 0 Å². The fourth-order valence-electron chi connectivity index (χ4n) is 3.26. The minimum Gasteiger partial charge on any atom is -0.508 e. The lowest BCUT2D eigenvalue weighted by Crippen LogP contribution is -2.34. The number of aromatic hydroxyl groups is 1. The van der Waals surface area contributed by atoms with Gasteiger partial charge in [-0.25, -0.2) is 0 Å². The number of para-hydroxylation sites is 1. The number of fused-ring (bicyclic) bond motifs is 1. The second-order valence-corrected chi connectivity index (χ2v) is 8.44. The van der Waals surface area contributed by atoms with Gasteiger partial charge in [0.1, 0.15) is 11.5 Å². The summed E-state index contributed by atoms with van der Waals surface area (Å²) in [5.41, 5.74) is 2.69. The molecule has 0 bridgehead atoms. The molecular weight excluding hydrogens is 350 g/mol. The van der Waals surface area contributed by atoms with Crippen LogP contribution in [0.1, 0.15) is 74.5 Å². The highest BCUT2D eigenvalue weighted by Gasteiger charge is 2.33. The number of Topliss-reactive ketones (excluding diaryl/α,β-unsaturated/α-hetero) is 1.